The van der Waals surface area contributed by atoms with Gasteiger partial charge < -0.3 is 11.1 Å². The lowest BCUT2D eigenvalue weighted by molar-refractivity contribution is 0.511. The van der Waals surface area contributed by atoms with Crippen LogP contribution in [0.2, 0.25) is 0 Å². The summed E-state index contributed by atoms with van der Waals surface area (Å²) < 4.78 is 0. The Balaban J connectivity index is 2.15. The number of fused-ring (bicyclic) bond motifs is 1. The second-order valence-corrected chi connectivity index (χ2v) is 5.24. The van der Waals surface area contributed by atoms with E-state index in [1.54, 1.807) is 0 Å². The lowest BCUT2D eigenvalue weighted by atomic mass is 10.1. The van der Waals surface area contributed by atoms with Crippen molar-refractivity contribution in [2.75, 3.05) is 11.9 Å². The second kappa shape index (κ2) is 5.36. The Labute approximate surface area is 108 Å². The van der Waals surface area contributed by atoms with Gasteiger partial charge in [-0.05, 0) is 36.8 Å². The lowest BCUT2D eigenvalue weighted by Crippen LogP contribution is -2.34. The molecule has 0 bridgehead atoms. The number of pyridine rings is 1. The summed E-state index contributed by atoms with van der Waals surface area (Å²) in [6, 6.07) is 4.26. The first-order valence-corrected chi connectivity index (χ1v) is 6.54. The van der Waals surface area contributed by atoms with Crippen LogP contribution in [-0.2, 0) is 12.8 Å². The predicted molar refractivity (Wildman–Crippen MR) is 72.3 cm³/mol. The molecular formula is C14H20N4. The van der Waals surface area contributed by atoms with Crippen molar-refractivity contribution in [2.24, 2.45) is 11.7 Å². The molecule has 1 aromatic heterocycles. The van der Waals surface area contributed by atoms with Gasteiger partial charge in [-0.3, -0.25) is 0 Å². The first-order chi connectivity index (χ1) is 8.61. The van der Waals surface area contributed by atoms with Crippen molar-refractivity contribution in [1.29, 1.82) is 5.26 Å². The fourth-order valence-corrected chi connectivity index (χ4v) is 2.14. The molecule has 3 N–H and O–H groups in total. The molecule has 1 heterocycles. The van der Waals surface area contributed by atoms with E-state index in [-0.39, 0.29) is 6.04 Å². The highest BCUT2D eigenvalue weighted by atomic mass is 15.0. The van der Waals surface area contributed by atoms with Crippen molar-refractivity contribution in [3.8, 4) is 6.07 Å². The topological polar surface area (TPSA) is 74.7 Å². The van der Waals surface area contributed by atoms with Gasteiger partial charge in [-0.1, -0.05) is 13.8 Å². The van der Waals surface area contributed by atoms with Crippen LogP contribution in [-0.4, -0.2) is 17.6 Å². The van der Waals surface area contributed by atoms with Gasteiger partial charge in [0.25, 0.3) is 0 Å². The minimum Gasteiger partial charge on any atom is -0.367 e. The standard InChI is InChI=1S/C14H20N4/c1-9(2)12(16)8-17-14-11(7-15)6-10-4-3-5-13(10)18-14/h6,9,12H,3-5,8,16H2,1-2H3,(H,17,18). The van der Waals surface area contributed by atoms with Crippen molar-refractivity contribution >= 4 is 5.82 Å². The Morgan fingerprint density at radius 2 is 2.28 bits per heavy atom. The minimum absolute atomic E-state index is 0.0756. The highest BCUT2D eigenvalue weighted by Gasteiger charge is 2.17. The van der Waals surface area contributed by atoms with Crippen LogP contribution in [0.4, 0.5) is 5.82 Å². The highest BCUT2D eigenvalue weighted by Crippen LogP contribution is 2.24. The second-order valence-electron chi connectivity index (χ2n) is 5.24. The number of hydrogen-bond acceptors (Lipinski definition) is 4. The van der Waals surface area contributed by atoms with E-state index < -0.39 is 0 Å². The van der Waals surface area contributed by atoms with E-state index in [1.165, 1.54) is 5.56 Å². The third kappa shape index (κ3) is 2.62. The maximum Gasteiger partial charge on any atom is 0.144 e. The van der Waals surface area contributed by atoms with Crippen molar-refractivity contribution in [3.63, 3.8) is 0 Å². The first kappa shape index (κ1) is 12.8. The van der Waals surface area contributed by atoms with Gasteiger partial charge in [0.05, 0.1) is 5.56 Å². The zero-order chi connectivity index (χ0) is 13.1. The van der Waals surface area contributed by atoms with Crippen molar-refractivity contribution in [3.05, 3.63) is 22.9 Å². The maximum atomic E-state index is 9.16. The number of nitriles is 1. The monoisotopic (exact) mass is 244 g/mol. The molecule has 0 fully saturated rings. The van der Waals surface area contributed by atoms with Gasteiger partial charge in [-0.25, -0.2) is 4.98 Å². The van der Waals surface area contributed by atoms with Gasteiger partial charge in [0.15, 0.2) is 0 Å². The molecule has 0 amide bonds. The van der Waals surface area contributed by atoms with Crippen molar-refractivity contribution in [1.82, 2.24) is 4.98 Å². The summed E-state index contributed by atoms with van der Waals surface area (Å²) in [5, 5.41) is 12.4. The SMILES string of the molecule is CC(C)C(N)CNc1nc2c(cc1C#N)CCC2. The van der Waals surface area contributed by atoms with Gasteiger partial charge in [0.1, 0.15) is 11.9 Å². The molecule has 1 aliphatic rings. The summed E-state index contributed by atoms with van der Waals surface area (Å²) in [4.78, 5) is 4.57. The summed E-state index contributed by atoms with van der Waals surface area (Å²) in [6.07, 6.45) is 3.21. The molecule has 18 heavy (non-hydrogen) atoms. The molecule has 96 valence electrons. The molecule has 2 rings (SSSR count). The molecule has 0 saturated carbocycles. The zero-order valence-corrected chi connectivity index (χ0v) is 11.0. The Hall–Kier alpha value is -1.60. The lowest BCUT2D eigenvalue weighted by Gasteiger charge is -2.17. The molecule has 4 heteroatoms. The quantitative estimate of drug-likeness (QED) is 0.847. The van der Waals surface area contributed by atoms with Crippen LogP contribution in [0.3, 0.4) is 0 Å². The molecule has 0 radical (unpaired) electrons. The Kier molecular flexibility index (Phi) is 3.83. The van der Waals surface area contributed by atoms with Gasteiger partial charge >= 0.3 is 0 Å². The van der Waals surface area contributed by atoms with E-state index in [4.69, 9.17) is 11.0 Å². The molecule has 4 nitrogen and oxygen atoms in total. The molecule has 1 aromatic rings. The van der Waals surface area contributed by atoms with E-state index in [9.17, 15) is 0 Å². The van der Waals surface area contributed by atoms with Crippen LogP contribution in [0.25, 0.3) is 0 Å². The van der Waals surface area contributed by atoms with Crippen LogP contribution in [0.15, 0.2) is 6.07 Å². The summed E-state index contributed by atoms with van der Waals surface area (Å²) in [6.45, 7) is 4.83. The van der Waals surface area contributed by atoms with Crippen LogP contribution >= 0.6 is 0 Å². The first-order valence-electron chi connectivity index (χ1n) is 6.54. The number of nitrogens with two attached hydrogens (primary N) is 1. The number of rotatable bonds is 4. The molecule has 1 atom stereocenters. The van der Waals surface area contributed by atoms with E-state index in [0.29, 0.717) is 23.8 Å². The number of nitrogens with one attached hydrogen (secondary N) is 1. The number of anilines is 1. The summed E-state index contributed by atoms with van der Waals surface area (Å²) in [5.74, 6) is 1.10. The van der Waals surface area contributed by atoms with Crippen LogP contribution in [0.5, 0.6) is 0 Å². The van der Waals surface area contributed by atoms with Crippen LogP contribution < -0.4 is 11.1 Å². The zero-order valence-electron chi connectivity index (χ0n) is 11.0. The molecule has 1 unspecified atom stereocenters. The molecule has 0 spiro atoms. The number of aryl methyl sites for hydroxylation is 2. The average molecular weight is 244 g/mol. The summed E-state index contributed by atoms with van der Waals surface area (Å²) in [5.41, 5.74) is 8.99. The fourth-order valence-electron chi connectivity index (χ4n) is 2.14. The fraction of sp³-hybridized carbons (Fsp3) is 0.571. The third-order valence-electron chi connectivity index (χ3n) is 3.53. The largest absolute Gasteiger partial charge is 0.367 e. The van der Waals surface area contributed by atoms with Crippen LogP contribution in [0, 0.1) is 17.2 Å². The van der Waals surface area contributed by atoms with Gasteiger partial charge in [0, 0.05) is 18.3 Å². The Morgan fingerprint density at radius 3 is 2.94 bits per heavy atom. The van der Waals surface area contributed by atoms with Crippen LogP contribution in [0.1, 0.15) is 37.1 Å². The van der Waals surface area contributed by atoms with E-state index >= 15 is 0 Å². The number of aromatic nitrogens is 1. The Morgan fingerprint density at radius 1 is 1.50 bits per heavy atom. The highest BCUT2D eigenvalue weighted by molar-refractivity contribution is 5.55. The molecular weight excluding hydrogens is 224 g/mol. The molecule has 0 aliphatic heterocycles. The maximum absolute atomic E-state index is 9.16. The normalized spacial score (nSPS) is 15.3. The van der Waals surface area contributed by atoms with Crippen molar-refractivity contribution < 1.29 is 0 Å². The number of hydrogen-bond donors (Lipinski definition) is 2. The Bertz CT molecular complexity index is 473. The minimum atomic E-state index is 0.0756. The number of nitrogens with zero attached hydrogens (tertiary/aromatic N) is 2. The van der Waals surface area contributed by atoms with E-state index in [1.807, 2.05) is 6.07 Å². The third-order valence-corrected chi connectivity index (χ3v) is 3.53. The molecule has 0 aromatic carbocycles. The van der Waals surface area contributed by atoms with E-state index in [0.717, 1.165) is 25.0 Å². The predicted octanol–water partition coefficient (Wildman–Crippen LogP) is 1.84. The van der Waals surface area contributed by atoms with Gasteiger partial charge in [-0.15, -0.1) is 0 Å². The van der Waals surface area contributed by atoms with Crippen molar-refractivity contribution in [2.45, 2.75) is 39.2 Å². The summed E-state index contributed by atoms with van der Waals surface area (Å²) in [7, 11) is 0. The smallest absolute Gasteiger partial charge is 0.144 e. The average Bonchev–Trinajstić information content (AvgIpc) is 2.81. The van der Waals surface area contributed by atoms with Gasteiger partial charge in [-0.2, -0.15) is 5.26 Å². The summed E-state index contributed by atoms with van der Waals surface area (Å²) >= 11 is 0. The molecule has 0 saturated heterocycles. The molecule has 1 aliphatic carbocycles. The van der Waals surface area contributed by atoms with E-state index in [2.05, 4.69) is 30.2 Å². The van der Waals surface area contributed by atoms with Gasteiger partial charge in [0.2, 0.25) is 0 Å².